The van der Waals surface area contributed by atoms with Crippen LogP contribution in [0, 0.1) is 5.41 Å². The summed E-state index contributed by atoms with van der Waals surface area (Å²) in [7, 11) is 1.99. The molecule has 0 aliphatic carbocycles. The summed E-state index contributed by atoms with van der Waals surface area (Å²) >= 11 is 0. The van der Waals surface area contributed by atoms with Crippen molar-refractivity contribution < 1.29 is 0 Å². The molecule has 1 aliphatic heterocycles. The van der Waals surface area contributed by atoms with Crippen molar-refractivity contribution in [1.29, 1.82) is 0 Å². The molecule has 0 aromatic carbocycles. The van der Waals surface area contributed by atoms with Gasteiger partial charge in [-0.2, -0.15) is 0 Å². The fourth-order valence-corrected chi connectivity index (χ4v) is 2.76. The minimum atomic E-state index is 0.640. The third-order valence-electron chi connectivity index (χ3n) is 4.29. The van der Waals surface area contributed by atoms with E-state index in [1.165, 1.54) is 44.3 Å². The smallest absolute Gasteiger partial charge is 0.0202 e. The number of nitrogens with zero attached hydrogens (tertiary/aromatic N) is 1. The van der Waals surface area contributed by atoms with Gasteiger partial charge >= 0.3 is 0 Å². The molecule has 0 aromatic rings. The van der Waals surface area contributed by atoms with E-state index in [-0.39, 0.29) is 0 Å². The van der Waals surface area contributed by atoms with Crippen molar-refractivity contribution in [3.05, 3.63) is 12.2 Å². The van der Waals surface area contributed by atoms with Crippen LogP contribution in [0.1, 0.15) is 39.5 Å². The van der Waals surface area contributed by atoms with E-state index in [0.717, 1.165) is 13.1 Å². The predicted molar refractivity (Wildman–Crippen MR) is 71.8 cm³/mol. The minimum Gasteiger partial charge on any atom is -0.316 e. The molecule has 0 aromatic heterocycles. The maximum atomic E-state index is 4.11. The Labute approximate surface area is 101 Å². The quantitative estimate of drug-likeness (QED) is 0.698. The van der Waals surface area contributed by atoms with Gasteiger partial charge in [0.05, 0.1) is 0 Å². The molecule has 0 amide bonds. The van der Waals surface area contributed by atoms with Gasteiger partial charge in [0, 0.05) is 13.1 Å². The Balaban J connectivity index is 2.34. The number of likely N-dealkylation sites (N-methyl/N-ethyl adjacent to an activating group) is 1. The molecule has 94 valence electrons. The van der Waals surface area contributed by atoms with Crippen molar-refractivity contribution >= 4 is 0 Å². The Hall–Kier alpha value is -0.340. The Kier molecular flexibility index (Phi) is 5.50. The molecule has 16 heavy (non-hydrogen) atoms. The lowest BCUT2D eigenvalue weighted by Crippen LogP contribution is -2.40. The van der Waals surface area contributed by atoms with E-state index < -0.39 is 0 Å². The second kappa shape index (κ2) is 6.41. The summed E-state index contributed by atoms with van der Waals surface area (Å²) in [6.45, 7) is 13.3. The zero-order valence-electron chi connectivity index (χ0n) is 11.3. The highest BCUT2D eigenvalue weighted by molar-refractivity contribution is 5.00. The molecule has 1 aliphatic rings. The average molecular weight is 224 g/mol. The highest BCUT2D eigenvalue weighted by Gasteiger charge is 2.30. The van der Waals surface area contributed by atoms with Crippen molar-refractivity contribution in [3.8, 4) is 0 Å². The highest BCUT2D eigenvalue weighted by atomic mass is 15.1. The highest BCUT2D eigenvalue weighted by Crippen LogP contribution is 2.37. The van der Waals surface area contributed by atoms with E-state index in [2.05, 4.69) is 30.6 Å². The molecule has 0 bridgehead atoms. The van der Waals surface area contributed by atoms with E-state index in [1.807, 2.05) is 7.05 Å². The van der Waals surface area contributed by atoms with Crippen LogP contribution in [-0.2, 0) is 0 Å². The molecule has 1 saturated heterocycles. The summed E-state index contributed by atoms with van der Waals surface area (Å²) in [5, 5.41) is 3.17. The first-order chi connectivity index (χ1) is 7.65. The van der Waals surface area contributed by atoms with Gasteiger partial charge in [0.25, 0.3) is 0 Å². The van der Waals surface area contributed by atoms with E-state index in [9.17, 15) is 0 Å². The van der Waals surface area contributed by atoms with Crippen LogP contribution < -0.4 is 5.32 Å². The first-order valence-corrected chi connectivity index (χ1v) is 6.69. The molecule has 1 rings (SSSR count). The van der Waals surface area contributed by atoms with Crippen molar-refractivity contribution in [2.24, 2.45) is 5.41 Å². The Morgan fingerprint density at radius 1 is 1.25 bits per heavy atom. The van der Waals surface area contributed by atoms with Crippen LogP contribution in [-0.4, -0.2) is 38.1 Å². The van der Waals surface area contributed by atoms with Crippen LogP contribution in [0.5, 0.6) is 0 Å². The van der Waals surface area contributed by atoms with Gasteiger partial charge in [-0.25, -0.2) is 0 Å². The predicted octanol–water partition coefficient (Wildman–Crippen LogP) is 2.66. The second-order valence-corrected chi connectivity index (χ2v) is 5.26. The van der Waals surface area contributed by atoms with Gasteiger partial charge in [-0.05, 0) is 44.0 Å². The van der Waals surface area contributed by atoms with Gasteiger partial charge in [-0.3, -0.25) is 4.90 Å². The van der Waals surface area contributed by atoms with Crippen LogP contribution in [0.3, 0.4) is 0 Å². The van der Waals surface area contributed by atoms with E-state index >= 15 is 0 Å². The van der Waals surface area contributed by atoms with Gasteiger partial charge in [-0.1, -0.05) is 33.3 Å². The molecule has 2 nitrogen and oxygen atoms in total. The summed E-state index contributed by atoms with van der Waals surface area (Å²) in [6, 6.07) is 0. The summed E-state index contributed by atoms with van der Waals surface area (Å²) in [4.78, 5) is 2.56. The number of likely N-dealkylation sites (tertiary alicyclic amines) is 1. The molecular formula is C14H28N2. The van der Waals surface area contributed by atoms with Crippen molar-refractivity contribution in [3.63, 3.8) is 0 Å². The molecule has 0 atom stereocenters. The fraction of sp³-hybridized carbons (Fsp3) is 0.857. The summed E-state index contributed by atoms with van der Waals surface area (Å²) < 4.78 is 0. The monoisotopic (exact) mass is 224 g/mol. The lowest BCUT2D eigenvalue weighted by molar-refractivity contribution is 0.101. The maximum Gasteiger partial charge on any atom is 0.0202 e. The van der Waals surface area contributed by atoms with Crippen LogP contribution >= 0.6 is 0 Å². The summed E-state index contributed by atoms with van der Waals surface area (Å²) in [5.41, 5.74) is 1.95. The largest absolute Gasteiger partial charge is 0.316 e. The first-order valence-electron chi connectivity index (χ1n) is 6.69. The number of hydrogen-bond acceptors (Lipinski definition) is 2. The number of rotatable bonds is 6. The molecule has 2 heteroatoms. The van der Waals surface area contributed by atoms with Gasteiger partial charge < -0.3 is 5.32 Å². The number of nitrogens with one attached hydrogen (secondary N) is 1. The SMILES string of the molecule is C=C(CNC)CN1CCC(CC)(CC)CC1. The third kappa shape index (κ3) is 3.60. The van der Waals surface area contributed by atoms with E-state index in [0.29, 0.717) is 5.41 Å². The molecule has 1 fully saturated rings. The second-order valence-electron chi connectivity index (χ2n) is 5.26. The van der Waals surface area contributed by atoms with E-state index in [1.54, 1.807) is 0 Å². The van der Waals surface area contributed by atoms with Gasteiger partial charge in [0.15, 0.2) is 0 Å². The first kappa shape index (κ1) is 13.7. The fourth-order valence-electron chi connectivity index (χ4n) is 2.76. The Morgan fingerprint density at radius 3 is 2.25 bits per heavy atom. The van der Waals surface area contributed by atoms with Gasteiger partial charge in [-0.15, -0.1) is 0 Å². The zero-order valence-corrected chi connectivity index (χ0v) is 11.3. The molecular weight excluding hydrogens is 196 g/mol. The van der Waals surface area contributed by atoms with Crippen LogP contribution in [0.2, 0.25) is 0 Å². The standard InChI is InChI=1S/C14H28N2/c1-5-14(6-2)7-9-16(10-8-14)12-13(3)11-15-4/h15H,3,5-12H2,1-2,4H3. The van der Waals surface area contributed by atoms with Crippen LogP contribution in [0.4, 0.5) is 0 Å². The van der Waals surface area contributed by atoms with Crippen molar-refractivity contribution in [2.45, 2.75) is 39.5 Å². The lowest BCUT2D eigenvalue weighted by Gasteiger charge is -2.41. The van der Waals surface area contributed by atoms with Crippen molar-refractivity contribution in [1.82, 2.24) is 10.2 Å². The summed E-state index contributed by atoms with van der Waals surface area (Å²) in [5.74, 6) is 0. The molecule has 0 unspecified atom stereocenters. The molecule has 0 radical (unpaired) electrons. The maximum absolute atomic E-state index is 4.11. The van der Waals surface area contributed by atoms with Crippen LogP contribution in [0.15, 0.2) is 12.2 Å². The molecule has 0 saturated carbocycles. The minimum absolute atomic E-state index is 0.640. The van der Waals surface area contributed by atoms with Crippen molar-refractivity contribution in [2.75, 3.05) is 33.2 Å². The molecule has 1 heterocycles. The molecule has 0 spiro atoms. The van der Waals surface area contributed by atoms with Gasteiger partial charge in [0.1, 0.15) is 0 Å². The number of piperidine rings is 1. The third-order valence-corrected chi connectivity index (χ3v) is 4.29. The van der Waals surface area contributed by atoms with Crippen LogP contribution in [0.25, 0.3) is 0 Å². The molecule has 1 N–H and O–H groups in total. The average Bonchev–Trinajstić information content (AvgIpc) is 2.31. The Morgan fingerprint density at radius 2 is 1.81 bits per heavy atom. The van der Waals surface area contributed by atoms with E-state index in [4.69, 9.17) is 0 Å². The lowest BCUT2D eigenvalue weighted by atomic mass is 9.74. The summed E-state index contributed by atoms with van der Waals surface area (Å²) in [6.07, 6.45) is 5.42. The number of hydrogen-bond donors (Lipinski definition) is 1. The normalized spacial score (nSPS) is 20.9. The topological polar surface area (TPSA) is 15.3 Å². The zero-order chi connectivity index (χ0) is 12.0. The Bertz CT molecular complexity index is 209. The van der Waals surface area contributed by atoms with Gasteiger partial charge in [0.2, 0.25) is 0 Å².